The molecule has 0 saturated heterocycles. The van der Waals surface area contributed by atoms with Crippen LogP contribution in [-0.2, 0) is 13.1 Å². The van der Waals surface area contributed by atoms with Crippen LogP contribution in [0.2, 0.25) is 5.02 Å². The van der Waals surface area contributed by atoms with Crippen molar-refractivity contribution in [2.75, 3.05) is 12.4 Å². The van der Waals surface area contributed by atoms with Crippen LogP contribution >= 0.6 is 23.2 Å². The summed E-state index contributed by atoms with van der Waals surface area (Å²) in [4.78, 5) is 0. The zero-order valence-electron chi connectivity index (χ0n) is 12.2. The predicted molar refractivity (Wildman–Crippen MR) is 83.1 cm³/mol. The lowest BCUT2D eigenvalue weighted by Gasteiger charge is -2.16. The van der Waals surface area contributed by atoms with Crippen molar-refractivity contribution in [2.24, 2.45) is 5.92 Å². The summed E-state index contributed by atoms with van der Waals surface area (Å²) in [5.41, 5.74) is 1.99. The van der Waals surface area contributed by atoms with E-state index in [1.165, 1.54) is 12.8 Å². The molecule has 0 amide bonds. The lowest BCUT2D eigenvalue weighted by molar-refractivity contribution is 0.425. The van der Waals surface area contributed by atoms with E-state index in [1.54, 1.807) is 0 Å². The van der Waals surface area contributed by atoms with Crippen LogP contribution in [0.4, 0.5) is 0 Å². The standard InChI is InChI=1S/C14H25Cl2N3/c1-4-6-12(7-8-15)9-17-10-13-14(16)11(3)18-19(13)5-2/h12,17H,4-10H2,1-3H3. The number of halogens is 2. The number of hydrogen-bond donors (Lipinski definition) is 1. The summed E-state index contributed by atoms with van der Waals surface area (Å²) in [5.74, 6) is 1.39. The maximum atomic E-state index is 6.29. The van der Waals surface area contributed by atoms with E-state index in [0.29, 0.717) is 5.92 Å². The first-order valence-electron chi connectivity index (χ1n) is 7.12. The highest BCUT2D eigenvalue weighted by molar-refractivity contribution is 6.31. The molecule has 3 nitrogen and oxygen atoms in total. The van der Waals surface area contributed by atoms with Gasteiger partial charge in [0.05, 0.1) is 16.4 Å². The average molecular weight is 306 g/mol. The molecule has 0 radical (unpaired) electrons. The van der Waals surface area contributed by atoms with E-state index in [4.69, 9.17) is 23.2 Å². The molecule has 1 rings (SSSR count). The van der Waals surface area contributed by atoms with Crippen LogP contribution in [0.5, 0.6) is 0 Å². The fraction of sp³-hybridized carbons (Fsp3) is 0.786. The van der Waals surface area contributed by atoms with Crippen molar-refractivity contribution < 1.29 is 0 Å². The summed E-state index contributed by atoms with van der Waals surface area (Å²) in [6.07, 6.45) is 3.50. The van der Waals surface area contributed by atoms with Crippen molar-refractivity contribution in [1.29, 1.82) is 0 Å². The van der Waals surface area contributed by atoms with Crippen molar-refractivity contribution in [2.45, 2.75) is 53.1 Å². The zero-order chi connectivity index (χ0) is 14.3. The van der Waals surface area contributed by atoms with E-state index in [0.717, 1.165) is 48.3 Å². The Bertz CT molecular complexity index is 371. The van der Waals surface area contributed by atoms with Crippen molar-refractivity contribution in [3.63, 3.8) is 0 Å². The van der Waals surface area contributed by atoms with Gasteiger partial charge in [-0.15, -0.1) is 11.6 Å². The molecule has 1 aromatic heterocycles. The van der Waals surface area contributed by atoms with Gasteiger partial charge in [0.2, 0.25) is 0 Å². The predicted octanol–water partition coefficient (Wildman–Crippen LogP) is 4.00. The van der Waals surface area contributed by atoms with E-state index in [9.17, 15) is 0 Å². The number of alkyl halides is 1. The molecule has 110 valence electrons. The van der Waals surface area contributed by atoms with Gasteiger partial charge >= 0.3 is 0 Å². The lowest BCUT2D eigenvalue weighted by Crippen LogP contribution is -2.24. The van der Waals surface area contributed by atoms with Gasteiger partial charge < -0.3 is 5.32 Å². The Balaban J connectivity index is 2.52. The third-order valence-corrected chi connectivity index (χ3v) is 4.10. The summed E-state index contributed by atoms with van der Waals surface area (Å²) in [5, 5.41) is 8.71. The van der Waals surface area contributed by atoms with Crippen molar-refractivity contribution in [1.82, 2.24) is 15.1 Å². The summed E-state index contributed by atoms with van der Waals surface area (Å²) in [6, 6.07) is 0. The van der Waals surface area contributed by atoms with E-state index in [1.807, 2.05) is 11.6 Å². The second-order valence-corrected chi connectivity index (χ2v) is 5.68. The van der Waals surface area contributed by atoms with Crippen LogP contribution in [0.3, 0.4) is 0 Å². The van der Waals surface area contributed by atoms with Gasteiger partial charge in [-0.3, -0.25) is 4.68 Å². The number of aromatic nitrogens is 2. The van der Waals surface area contributed by atoms with Gasteiger partial charge in [-0.25, -0.2) is 0 Å². The Morgan fingerprint density at radius 1 is 1.32 bits per heavy atom. The fourth-order valence-corrected chi connectivity index (χ4v) is 2.85. The first-order chi connectivity index (χ1) is 9.13. The Morgan fingerprint density at radius 2 is 2.05 bits per heavy atom. The maximum absolute atomic E-state index is 6.29. The molecular weight excluding hydrogens is 281 g/mol. The van der Waals surface area contributed by atoms with Gasteiger partial charge in [-0.1, -0.05) is 24.9 Å². The third kappa shape index (κ3) is 4.97. The second-order valence-electron chi connectivity index (χ2n) is 4.93. The van der Waals surface area contributed by atoms with Crippen LogP contribution in [0.25, 0.3) is 0 Å². The van der Waals surface area contributed by atoms with Crippen molar-refractivity contribution in [3.05, 3.63) is 16.4 Å². The van der Waals surface area contributed by atoms with Crippen LogP contribution in [0.1, 0.15) is 44.5 Å². The minimum atomic E-state index is 0.653. The topological polar surface area (TPSA) is 29.9 Å². The van der Waals surface area contributed by atoms with Gasteiger partial charge in [0, 0.05) is 19.0 Å². The lowest BCUT2D eigenvalue weighted by atomic mass is 10.0. The Hall–Kier alpha value is -0.250. The zero-order valence-corrected chi connectivity index (χ0v) is 13.7. The van der Waals surface area contributed by atoms with Crippen molar-refractivity contribution in [3.8, 4) is 0 Å². The third-order valence-electron chi connectivity index (χ3n) is 3.39. The highest BCUT2D eigenvalue weighted by atomic mass is 35.5. The van der Waals surface area contributed by atoms with Gasteiger partial charge in [0.1, 0.15) is 0 Å². The molecule has 1 unspecified atom stereocenters. The van der Waals surface area contributed by atoms with Gasteiger partial charge in [-0.2, -0.15) is 5.10 Å². The monoisotopic (exact) mass is 305 g/mol. The quantitative estimate of drug-likeness (QED) is 0.699. The second kappa shape index (κ2) is 8.83. The van der Waals surface area contributed by atoms with Crippen LogP contribution < -0.4 is 5.32 Å². The molecule has 0 saturated carbocycles. The van der Waals surface area contributed by atoms with Crippen LogP contribution in [0, 0.1) is 12.8 Å². The van der Waals surface area contributed by atoms with Crippen LogP contribution in [-0.4, -0.2) is 22.2 Å². The van der Waals surface area contributed by atoms with E-state index in [2.05, 4.69) is 24.3 Å². The largest absolute Gasteiger partial charge is 0.311 e. The normalized spacial score (nSPS) is 12.9. The molecule has 0 aliphatic heterocycles. The highest BCUT2D eigenvalue weighted by Gasteiger charge is 2.13. The maximum Gasteiger partial charge on any atom is 0.0860 e. The molecule has 1 N–H and O–H groups in total. The fourth-order valence-electron chi connectivity index (χ4n) is 2.34. The van der Waals surface area contributed by atoms with Gasteiger partial charge in [-0.05, 0) is 39.2 Å². The summed E-state index contributed by atoms with van der Waals surface area (Å²) in [6.45, 7) is 8.87. The number of rotatable bonds is 9. The minimum Gasteiger partial charge on any atom is -0.311 e. The molecule has 1 atom stereocenters. The molecule has 0 aliphatic rings. The number of nitrogens with zero attached hydrogens (tertiary/aromatic N) is 2. The summed E-state index contributed by atoms with van der Waals surface area (Å²) in [7, 11) is 0. The van der Waals surface area contributed by atoms with Crippen molar-refractivity contribution >= 4 is 23.2 Å². The molecule has 1 heterocycles. The smallest absolute Gasteiger partial charge is 0.0860 e. The summed E-state index contributed by atoms with van der Waals surface area (Å²) >= 11 is 12.1. The Morgan fingerprint density at radius 3 is 2.63 bits per heavy atom. The number of nitrogens with one attached hydrogen (secondary N) is 1. The van der Waals surface area contributed by atoms with E-state index < -0.39 is 0 Å². The van der Waals surface area contributed by atoms with E-state index in [-0.39, 0.29) is 0 Å². The highest BCUT2D eigenvalue weighted by Crippen LogP contribution is 2.20. The molecule has 0 fully saturated rings. The average Bonchev–Trinajstić information content (AvgIpc) is 2.66. The molecule has 0 spiro atoms. The van der Waals surface area contributed by atoms with E-state index >= 15 is 0 Å². The molecular formula is C14H25Cl2N3. The molecule has 0 bridgehead atoms. The minimum absolute atomic E-state index is 0.653. The number of hydrogen-bond acceptors (Lipinski definition) is 2. The molecule has 0 aromatic carbocycles. The first-order valence-corrected chi connectivity index (χ1v) is 8.03. The Kier molecular flexibility index (Phi) is 7.81. The number of aryl methyl sites for hydroxylation is 2. The molecule has 1 aromatic rings. The SMILES string of the molecule is CCCC(CCCl)CNCc1c(Cl)c(C)nn1CC. The molecule has 5 heteroatoms. The van der Waals surface area contributed by atoms with Gasteiger partial charge in [0.15, 0.2) is 0 Å². The molecule has 19 heavy (non-hydrogen) atoms. The molecule has 0 aliphatic carbocycles. The first kappa shape index (κ1) is 16.8. The van der Waals surface area contributed by atoms with Gasteiger partial charge in [0.25, 0.3) is 0 Å². The van der Waals surface area contributed by atoms with Crippen LogP contribution in [0.15, 0.2) is 0 Å². The Labute approximate surface area is 126 Å². The summed E-state index contributed by atoms with van der Waals surface area (Å²) < 4.78 is 1.97.